The van der Waals surface area contributed by atoms with Gasteiger partial charge < -0.3 is 24.3 Å². The molecule has 2 heterocycles. The molecule has 1 N–H and O–H groups in total. The Morgan fingerprint density at radius 2 is 1.56 bits per heavy atom. The Morgan fingerprint density at radius 1 is 1.06 bits per heavy atom. The number of carbonyl (C=O) groups excluding carboxylic acids is 2. The lowest BCUT2D eigenvalue weighted by Gasteiger charge is -2.29. The number of rotatable bonds is 4. The van der Waals surface area contributed by atoms with Crippen molar-refractivity contribution < 1.29 is 33.5 Å². The van der Waals surface area contributed by atoms with Gasteiger partial charge in [0, 0.05) is 23.5 Å². The molecule has 0 saturated carbocycles. The van der Waals surface area contributed by atoms with E-state index in [1.165, 1.54) is 32.4 Å². The first-order valence-electron chi connectivity index (χ1n) is 9.89. The number of hydrogen-bond donors (Lipinski definition) is 1. The van der Waals surface area contributed by atoms with E-state index in [-0.39, 0.29) is 22.6 Å². The van der Waals surface area contributed by atoms with Crippen LogP contribution in [0.1, 0.15) is 39.2 Å². The fourth-order valence-electron chi connectivity index (χ4n) is 3.52. The fraction of sp³-hybridized carbons (Fsp3) is 0.455. The van der Waals surface area contributed by atoms with E-state index in [1.807, 2.05) is 13.8 Å². The summed E-state index contributed by atoms with van der Waals surface area (Å²) in [5.41, 5.74) is 1.71. The molecule has 1 aromatic rings. The molecule has 0 spiro atoms. The third kappa shape index (κ3) is 5.71. The third-order valence-corrected chi connectivity index (χ3v) is 4.97. The number of methoxy groups -OCH3 is 2. The number of dihydropyridines is 1. The van der Waals surface area contributed by atoms with Crippen LogP contribution in [0.5, 0.6) is 0 Å². The van der Waals surface area contributed by atoms with Gasteiger partial charge in [0.1, 0.15) is 0 Å². The Balaban J connectivity index is 0.000000439. The van der Waals surface area contributed by atoms with E-state index in [2.05, 4.69) is 5.32 Å². The van der Waals surface area contributed by atoms with Gasteiger partial charge in [0.15, 0.2) is 5.79 Å². The molecule has 10 nitrogen and oxygen atoms in total. The standard InChI is InChI=1S/C17H18N2O6.C5H10O2/c1-9-13(16(20)24-3)15(14(10(2)18-9)17(21)25-4)11-6-5-7-12(8-11)19(22)23;1-5(2)6-3-4-7-5/h5-8,15,18H,1-4H3;3-4H2,1-2H3. The summed E-state index contributed by atoms with van der Waals surface area (Å²) in [4.78, 5) is 35.2. The van der Waals surface area contributed by atoms with E-state index < -0.39 is 22.8 Å². The molecular weight excluding hydrogens is 420 g/mol. The van der Waals surface area contributed by atoms with Gasteiger partial charge in [0.05, 0.1) is 49.4 Å². The second-order valence-electron chi connectivity index (χ2n) is 7.57. The predicted octanol–water partition coefficient (Wildman–Crippen LogP) is 2.94. The number of ether oxygens (including phenoxy) is 4. The van der Waals surface area contributed by atoms with Gasteiger partial charge in [-0.2, -0.15) is 0 Å². The van der Waals surface area contributed by atoms with Crippen LogP contribution in [-0.4, -0.2) is 50.1 Å². The Kier molecular flexibility index (Phi) is 8.12. The summed E-state index contributed by atoms with van der Waals surface area (Å²) in [6.07, 6.45) is 0. The first-order chi connectivity index (χ1) is 15.0. The van der Waals surface area contributed by atoms with Crippen molar-refractivity contribution in [2.75, 3.05) is 27.4 Å². The number of carbonyl (C=O) groups is 2. The SMILES string of the molecule is CC1(C)OCCO1.COC(=O)C1=C(C)NC(C)=C(C(=O)OC)C1c1cccc([N+](=O)[O-])c1. The van der Waals surface area contributed by atoms with Crippen LogP contribution in [0.3, 0.4) is 0 Å². The molecular formula is C22H28N2O8. The number of esters is 2. The van der Waals surface area contributed by atoms with Crippen molar-refractivity contribution in [3.63, 3.8) is 0 Å². The number of nitro benzene ring substituents is 1. The smallest absolute Gasteiger partial charge is 0.336 e. The zero-order valence-electron chi connectivity index (χ0n) is 19.0. The molecule has 0 aromatic heterocycles. The van der Waals surface area contributed by atoms with E-state index in [4.69, 9.17) is 18.9 Å². The van der Waals surface area contributed by atoms with Crippen LogP contribution in [0, 0.1) is 10.1 Å². The Hall–Kier alpha value is -3.24. The summed E-state index contributed by atoms with van der Waals surface area (Å²) in [6.45, 7) is 8.67. The van der Waals surface area contributed by atoms with Gasteiger partial charge in [-0.1, -0.05) is 12.1 Å². The van der Waals surface area contributed by atoms with Crippen LogP contribution in [0.25, 0.3) is 0 Å². The molecule has 0 bridgehead atoms. The first kappa shape index (κ1) is 25.0. The monoisotopic (exact) mass is 448 g/mol. The van der Waals surface area contributed by atoms with Gasteiger partial charge in [0.2, 0.25) is 0 Å². The quantitative estimate of drug-likeness (QED) is 0.420. The molecule has 32 heavy (non-hydrogen) atoms. The molecule has 2 aliphatic rings. The number of hydrogen-bond acceptors (Lipinski definition) is 9. The maximum atomic E-state index is 12.3. The first-order valence-corrected chi connectivity index (χ1v) is 9.89. The largest absolute Gasteiger partial charge is 0.466 e. The van der Waals surface area contributed by atoms with Crippen LogP contribution in [0.2, 0.25) is 0 Å². The second-order valence-corrected chi connectivity index (χ2v) is 7.57. The van der Waals surface area contributed by atoms with Crippen molar-refractivity contribution in [2.45, 2.75) is 39.4 Å². The van der Waals surface area contributed by atoms with E-state index in [9.17, 15) is 19.7 Å². The number of nitrogens with one attached hydrogen (secondary N) is 1. The minimum absolute atomic E-state index is 0.139. The minimum atomic E-state index is -0.832. The van der Waals surface area contributed by atoms with Gasteiger partial charge >= 0.3 is 11.9 Å². The highest BCUT2D eigenvalue weighted by molar-refractivity contribution is 5.99. The zero-order chi connectivity index (χ0) is 24.1. The van der Waals surface area contributed by atoms with Gasteiger partial charge in [-0.15, -0.1) is 0 Å². The molecule has 0 radical (unpaired) electrons. The minimum Gasteiger partial charge on any atom is -0.466 e. The van der Waals surface area contributed by atoms with Crippen LogP contribution in [0.15, 0.2) is 46.8 Å². The van der Waals surface area contributed by atoms with E-state index in [1.54, 1.807) is 19.9 Å². The lowest BCUT2D eigenvalue weighted by Crippen LogP contribution is -2.32. The Bertz CT molecular complexity index is 918. The molecule has 174 valence electrons. The number of allylic oxidation sites excluding steroid dienone is 2. The predicted molar refractivity (Wildman–Crippen MR) is 114 cm³/mol. The van der Waals surface area contributed by atoms with E-state index >= 15 is 0 Å². The summed E-state index contributed by atoms with van der Waals surface area (Å²) in [6, 6.07) is 5.80. The molecule has 0 aliphatic carbocycles. The molecule has 1 saturated heterocycles. The maximum absolute atomic E-state index is 12.3. The van der Waals surface area contributed by atoms with Crippen LogP contribution in [0.4, 0.5) is 5.69 Å². The summed E-state index contributed by atoms with van der Waals surface area (Å²) < 4.78 is 19.9. The average Bonchev–Trinajstić information content (AvgIpc) is 3.16. The summed E-state index contributed by atoms with van der Waals surface area (Å²) >= 11 is 0. The van der Waals surface area contributed by atoms with Crippen molar-refractivity contribution >= 4 is 17.6 Å². The number of nitrogens with zero attached hydrogens (tertiary/aromatic N) is 1. The molecule has 0 atom stereocenters. The highest BCUT2D eigenvalue weighted by atomic mass is 16.7. The maximum Gasteiger partial charge on any atom is 0.336 e. The Morgan fingerprint density at radius 3 is 1.94 bits per heavy atom. The lowest BCUT2D eigenvalue weighted by atomic mass is 9.80. The molecule has 2 aliphatic heterocycles. The van der Waals surface area contributed by atoms with Crippen molar-refractivity contribution in [3.05, 3.63) is 62.5 Å². The molecule has 3 rings (SSSR count). The molecule has 1 fully saturated rings. The van der Waals surface area contributed by atoms with Gasteiger partial charge in [0.25, 0.3) is 5.69 Å². The number of non-ortho nitro benzene ring substituents is 1. The topological polar surface area (TPSA) is 126 Å². The normalized spacial score (nSPS) is 17.8. The van der Waals surface area contributed by atoms with Crippen molar-refractivity contribution in [1.29, 1.82) is 0 Å². The van der Waals surface area contributed by atoms with Gasteiger partial charge in [-0.3, -0.25) is 10.1 Å². The van der Waals surface area contributed by atoms with Gasteiger partial charge in [-0.25, -0.2) is 9.59 Å². The highest BCUT2D eigenvalue weighted by Gasteiger charge is 2.38. The second kappa shape index (κ2) is 10.4. The fourth-order valence-corrected chi connectivity index (χ4v) is 3.52. The summed E-state index contributed by atoms with van der Waals surface area (Å²) in [7, 11) is 2.46. The summed E-state index contributed by atoms with van der Waals surface area (Å²) in [5, 5.41) is 14.1. The summed E-state index contributed by atoms with van der Waals surface area (Å²) in [5.74, 6) is -2.40. The van der Waals surface area contributed by atoms with E-state index in [0.29, 0.717) is 17.0 Å². The Labute approximate surface area is 186 Å². The lowest BCUT2D eigenvalue weighted by molar-refractivity contribution is -0.384. The number of benzene rings is 1. The van der Waals surface area contributed by atoms with Crippen molar-refractivity contribution in [2.24, 2.45) is 0 Å². The number of nitro groups is 1. The van der Waals surface area contributed by atoms with Crippen molar-refractivity contribution in [1.82, 2.24) is 5.32 Å². The van der Waals surface area contributed by atoms with Crippen LogP contribution >= 0.6 is 0 Å². The van der Waals surface area contributed by atoms with Crippen LogP contribution < -0.4 is 5.32 Å². The molecule has 0 unspecified atom stereocenters. The third-order valence-electron chi connectivity index (χ3n) is 4.97. The average molecular weight is 448 g/mol. The van der Waals surface area contributed by atoms with E-state index in [0.717, 1.165) is 13.2 Å². The molecule has 10 heteroatoms. The van der Waals surface area contributed by atoms with Gasteiger partial charge in [-0.05, 0) is 33.3 Å². The highest BCUT2D eigenvalue weighted by Crippen LogP contribution is 2.39. The zero-order valence-corrected chi connectivity index (χ0v) is 19.0. The molecule has 0 amide bonds. The van der Waals surface area contributed by atoms with Crippen LogP contribution in [-0.2, 0) is 28.5 Å². The molecule has 1 aromatic carbocycles. The van der Waals surface area contributed by atoms with Crippen molar-refractivity contribution in [3.8, 4) is 0 Å².